The fourth-order valence-corrected chi connectivity index (χ4v) is 7.36. The number of hydrogen-bond donors (Lipinski definition) is 11. The monoisotopic (exact) mass is 1030 g/mol. The third-order valence-corrected chi connectivity index (χ3v) is 11.3. The molecule has 4 bridgehead atoms. The zero-order valence-electron chi connectivity index (χ0n) is 37.9. The van der Waals surface area contributed by atoms with Gasteiger partial charge in [0.15, 0.2) is 9.28 Å². The van der Waals surface area contributed by atoms with Crippen LogP contribution in [0.5, 0.6) is 0 Å². The van der Waals surface area contributed by atoms with Crippen molar-refractivity contribution in [3.8, 4) is 0 Å². The Balaban J connectivity index is 1.91. The van der Waals surface area contributed by atoms with Gasteiger partial charge < -0.3 is 51.5 Å². The average molecular weight is 1030 g/mol. The van der Waals surface area contributed by atoms with Crippen LogP contribution in [0.2, 0.25) is 0 Å². The Morgan fingerprint density at radius 1 is 0.691 bits per heavy atom. The SMILES string of the molecule is CC(C)(C)OC(=O)NCCCC[C@H]1CNC(=O)c2ccc(c(=S)n2O)C(=O)NCCCN(C(=O)CC(=S)NO)CCCCN(C(=O)CC(=S)NO)CCCNC(=O)c2ccc(n(O)c2=S)C(=O)N1. The number of nitrogens with zero attached hydrogens (tertiary/aromatic N) is 4. The predicted octanol–water partition coefficient (Wildman–Crippen LogP) is 2.53. The quantitative estimate of drug-likeness (QED) is 0.0744. The molecule has 2 aromatic heterocycles. The zero-order valence-corrected chi connectivity index (χ0v) is 41.2. The number of amides is 7. The van der Waals surface area contributed by atoms with Gasteiger partial charge >= 0.3 is 6.09 Å². The standard InChI is InChI=1S/C41H59N11O12S4/c1-41(2,3)64-40(59)44-15-5-4-10-25-24-45-36(57)28-13-11-26(38(67)51(28)62)34(55)42-16-8-20-49(32(53)22-30(65)47-60)18-6-7-19-50(33(54)23-31(66)48-61)21-9-17-43-35(56)27-12-14-29(37(58)46-25)52(63)39(27)68/h11-14,25,60-63H,4-10,15-24H2,1-3H3,(H,42,55)(H,43,56)(H,44,59)(H,45,57)(H,46,58)(H,47,65)(H,48,66)/t25-/m0/s1. The van der Waals surface area contributed by atoms with Crippen molar-refractivity contribution in [2.24, 2.45) is 0 Å². The lowest BCUT2D eigenvalue weighted by Crippen LogP contribution is -2.45. The molecule has 11 N–H and O–H groups in total. The number of alkyl carbamates (subject to hydrolysis) is 1. The Bertz CT molecular complexity index is 2300. The third kappa shape index (κ3) is 18.3. The largest absolute Gasteiger partial charge is 0.444 e. The molecule has 0 saturated heterocycles. The molecule has 7 amide bonds. The van der Waals surface area contributed by atoms with Crippen LogP contribution in [0.4, 0.5) is 4.79 Å². The van der Waals surface area contributed by atoms with Crippen LogP contribution >= 0.6 is 48.9 Å². The smallest absolute Gasteiger partial charge is 0.407 e. The predicted molar refractivity (Wildman–Crippen MR) is 257 cm³/mol. The number of nitrogens with one attached hydrogen (secondary N) is 7. The van der Waals surface area contributed by atoms with Crippen molar-refractivity contribution in [1.82, 2.24) is 56.8 Å². The molecule has 0 spiro atoms. The van der Waals surface area contributed by atoms with Crippen LogP contribution in [-0.2, 0) is 14.3 Å². The summed E-state index contributed by atoms with van der Waals surface area (Å²) in [6.07, 6.45) is 1.23. The molecular weight excluding hydrogens is 967 g/mol. The Kier molecular flexibility index (Phi) is 23.1. The van der Waals surface area contributed by atoms with Crippen molar-refractivity contribution in [1.29, 1.82) is 0 Å². The van der Waals surface area contributed by atoms with Gasteiger partial charge in [0.2, 0.25) is 11.8 Å². The van der Waals surface area contributed by atoms with E-state index < -0.39 is 53.2 Å². The highest BCUT2D eigenvalue weighted by Crippen LogP contribution is 2.13. The van der Waals surface area contributed by atoms with Crippen LogP contribution in [0.1, 0.15) is 120 Å². The van der Waals surface area contributed by atoms with Crippen LogP contribution in [0.15, 0.2) is 24.3 Å². The van der Waals surface area contributed by atoms with Gasteiger partial charge in [-0.3, -0.25) is 50.1 Å². The number of unbranched alkanes of at least 4 members (excludes halogenated alkanes) is 1. The molecule has 2 aromatic rings. The Morgan fingerprint density at radius 2 is 1.15 bits per heavy atom. The van der Waals surface area contributed by atoms with Crippen LogP contribution in [0.3, 0.4) is 0 Å². The van der Waals surface area contributed by atoms with Gasteiger partial charge in [0, 0.05) is 58.4 Å². The Morgan fingerprint density at radius 3 is 1.60 bits per heavy atom. The van der Waals surface area contributed by atoms with E-state index in [1.54, 1.807) is 31.7 Å². The average Bonchev–Trinajstić information content (AvgIpc) is 3.28. The number of fused-ring (bicyclic) bond motifs is 2. The highest BCUT2D eigenvalue weighted by molar-refractivity contribution is 7.80. The molecule has 3 aliphatic heterocycles. The van der Waals surface area contributed by atoms with E-state index in [0.29, 0.717) is 35.1 Å². The summed E-state index contributed by atoms with van der Waals surface area (Å²) in [6, 6.07) is 4.07. The maximum absolute atomic E-state index is 13.6. The summed E-state index contributed by atoms with van der Waals surface area (Å²) < 4.78 is 5.23. The molecule has 0 unspecified atom stereocenters. The number of carbonyl (C=O) groups excluding carboxylic acids is 7. The second kappa shape index (κ2) is 27.8. The minimum atomic E-state index is -0.820. The molecule has 0 aliphatic carbocycles. The number of carbonyl (C=O) groups is 7. The fourth-order valence-electron chi connectivity index (χ4n) is 6.60. The van der Waals surface area contributed by atoms with Crippen LogP contribution in [-0.4, -0.2) is 156 Å². The third-order valence-electron chi connectivity index (χ3n) is 10.0. The summed E-state index contributed by atoms with van der Waals surface area (Å²) in [5.74, 6) is -3.81. The van der Waals surface area contributed by atoms with E-state index in [9.17, 15) is 54.4 Å². The first kappa shape index (κ1) is 56.5. The number of hydroxylamine groups is 2. The summed E-state index contributed by atoms with van der Waals surface area (Å²) in [5, 5.41) is 53.7. The number of ether oxygens (including phenoxy) is 1. The van der Waals surface area contributed by atoms with Crippen molar-refractivity contribution in [2.75, 3.05) is 52.4 Å². The summed E-state index contributed by atoms with van der Waals surface area (Å²) in [5.41, 5.74) is 1.94. The van der Waals surface area contributed by atoms with Crippen molar-refractivity contribution >= 4 is 100 Å². The Labute approximate surface area is 413 Å². The number of pyridine rings is 2. The number of hydrogen-bond acceptors (Lipinski definition) is 16. The molecule has 5 heterocycles. The van der Waals surface area contributed by atoms with Crippen molar-refractivity contribution in [3.05, 3.63) is 56.1 Å². The lowest BCUT2D eigenvalue weighted by atomic mass is 10.1. The van der Waals surface area contributed by atoms with Crippen molar-refractivity contribution in [3.63, 3.8) is 0 Å². The molecule has 23 nitrogen and oxygen atoms in total. The van der Waals surface area contributed by atoms with E-state index in [-0.39, 0.29) is 126 Å². The summed E-state index contributed by atoms with van der Waals surface area (Å²) in [6.45, 7) is 6.05. The van der Waals surface area contributed by atoms with Crippen molar-refractivity contribution in [2.45, 2.75) is 90.2 Å². The summed E-state index contributed by atoms with van der Waals surface area (Å²) in [7, 11) is 0. The molecule has 1 atom stereocenters. The molecule has 3 aliphatic rings. The van der Waals surface area contributed by atoms with Crippen molar-refractivity contribution < 1.29 is 59.1 Å². The second-order valence-electron chi connectivity index (χ2n) is 16.4. The maximum Gasteiger partial charge on any atom is 0.407 e. The fraction of sp³-hybridized carbons (Fsp3) is 0.537. The van der Waals surface area contributed by atoms with Crippen LogP contribution < -0.4 is 37.5 Å². The normalized spacial score (nSPS) is 16.3. The molecule has 0 fully saturated rings. The van der Waals surface area contributed by atoms with Gasteiger partial charge in [-0.25, -0.2) is 4.79 Å². The molecular formula is C41H59N11O12S4. The summed E-state index contributed by atoms with van der Waals surface area (Å²) >= 11 is 20.6. The number of aromatic nitrogens is 2. The molecule has 68 heavy (non-hydrogen) atoms. The zero-order chi connectivity index (χ0) is 50.6. The molecule has 0 saturated carbocycles. The highest BCUT2D eigenvalue weighted by atomic mass is 32.1. The van der Waals surface area contributed by atoms with Crippen LogP contribution in [0.25, 0.3) is 0 Å². The van der Waals surface area contributed by atoms with E-state index in [2.05, 4.69) is 26.6 Å². The number of rotatable bonds is 9. The van der Waals surface area contributed by atoms with Crippen LogP contribution in [0, 0.1) is 9.28 Å². The highest BCUT2D eigenvalue weighted by Gasteiger charge is 2.24. The molecule has 0 radical (unpaired) electrons. The Hall–Kier alpha value is -5.87. The van der Waals surface area contributed by atoms with E-state index >= 15 is 0 Å². The molecule has 27 heteroatoms. The first-order chi connectivity index (χ1) is 32.2. The first-order valence-electron chi connectivity index (χ1n) is 21.6. The van der Waals surface area contributed by atoms with Gasteiger partial charge in [-0.2, -0.15) is 9.46 Å². The van der Waals surface area contributed by atoms with E-state index in [1.165, 1.54) is 34.1 Å². The summed E-state index contributed by atoms with van der Waals surface area (Å²) in [4.78, 5) is 94.7. The van der Waals surface area contributed by atoms with Gasteiger partial charge in [-0.1, -0.05) is 48.9 Å². The maximum atomic E-state index is 13.6. The van der Waals surface area contributed by atoms with Gasteiger partial charge in [0.1, 0.15) is 27.0 Å². The van der Waals surface area contributed by atoms with Gasteiger partial charge in [0.05, 0.1) is 24.0 Å². The lowest BCUT2D eigenvalue weighted by molar-refractivity contribution is -0.131. The molecule has 5 rings (SSSR count). The minimum absolute atomic E-state index is 0.0556. The molecule has 0 aromatic carbocycles. The topological polar surface area (TPSA) is 310 Å². The van der Waals surface area contributed by atoms with E-state index in [1.807, 2.05) is 0 Å². The minimum Gasteiger partial charge on any atom is -0.444 e. The van der Waals surface area contributed by atoms with E-state index in [4.69, 9.17) is 53.6 Å². The van der Waals surface area contributed by atoms with Gasteiger partial charge in [-0.05, 0) is 90.0 Å². The first-order valence-corrected chi connectivity index (χ1v) is 23.2. The van der Waals surface area contributed by atoms with Gasteiger partial charge in [0.25, 0.3) is 23.6 Å². The number of thiocarbonyl (C=S) groups is 2. The lowest BCUT2D eigenvalue weighted by Gasteiger charge is -2.25. The van der Waals surface area contributed by atoms with Gasteiger partial charge in [-0.15, -0.1) is 0 Å². The second-order valence-corrected chi connectivity index (χ2v) is 18.2. The molecule has 374 valence electrons. The van der Waals surface area contributed by atoms with E-state index in [0.717, 1.165) is 0 Å².